The molecule has 26 heavy (non-hydrogen) atoms. The molecule has 0 aliphatic carbocycles. The molecule has 0 spiro atoms. The molecule has 0 aromatic heterocycles. The van der Waals surface area contributed by atoms with Crippen LogP contribution in [0.2, 0.25) is 10.0 Å². The molecule has 2 aromatic rings. The molecule has 0 bridgehead atoms. The summed E-state index contributed by atoms with van der Waals surface area (Å²) in [5.41, 5.74) is 2.75. The smallest absolute Gasteiger partial charge is 0.260 e. The zero-order chi connectivity index (χ0) is 19.3. The second-order valence-electron chi connectivity index (χ2n) is 5.22. The van der Waals surface area contributed by atoms with Crippen LogP contribution in [-0.4, -0.2) is 38.4 Å². The fourth-order valence-corrected chi connectivity index (χ4v) is 3.38. The standard InChI is InChI=1S/C16H15Cl2N3O4S/c1-26(24,25)21(13-5-3-2-4-6-13)10-15(22)20-19-9-11-7-12(17)8-14(18)16(11)23/h2-9,23H,10H2,1H3,(H,20,22). The van der Waals surface area contributed by atoms with E-state index in [0.717, 1.165) is 16.8 Å². The van der Waals surface area contributed by atoms with E-state index in [0.29, 0.717) is 5.69 Å². The van der Waals surface area contributed by atoms with Gasteiger partial charge < -0.3 is 5.11 Å². The molecule has 2 N–H and O–H groups in total. The van der Waals surface area contributed by atoms with Crippen molar-refractivity contribution in [1.82, 2.24) is 5.43 Å². The minimum atomic E-state index is -3.66. The molecule has 1 amide bonds. The van der Waals surface area contributed by atoms with E-state index in [1.807, 2.05) is 0 Å². The second kappa shape index (κ2) is 8.39. The molecule has 7 nitrogen and oxygen atoms in total. The number of para-hydroxylation sites is 1. The van der Waals surface area contributed by atoms with E-state index in [1.165, 1.54) is 12.1 Å². The fourth-order valence-electron chi connectivity index (χ4n) is 2.02. The van der Waals surface area contributed by atoms with Gasteiger partial charge in [0.05, 0.1) is 23.2 Å². The summed E-state index contributed by atoms with van der Waals surface area (Å²) in [7, 11) is -3.66. The molecule has 0 atom stereocenters. The number of carbonyl (C=O) groups is 1. The van der Waals surface area contributed by atoms with Gasteiger partial charge in [-0.25, -0.2) is 13.8 Å². The first-order valence-electron chi connectivity index (χ1n) is 7.21. The van der Waals surface area contributed by atoms with Crippen molar-refractivity contribution >= 4 is 51.0 Å². The first-order valence-corrected chi connectivity index (χ1v) is 9.81. The minimum absolute atomic E-state index is 0.0394. The fraction of sp³-hybridized carbons (Fsp3) is 0.125. The Morgan fingerprint density at radius 2 is 1.92 bits per heavy atom. The van der Waals surface area contributed by atoms with Gasteiger partial charge in [-0.3, -0.25) is 9.10 Å². The number of phenolic OH excluding ortho intramolecular Hbond substituents is 1. The van der Waals surface area contributed by atoms with Gasteiger partial charge >= 0.3 is 0 Å². The summed E-state index contributed by atoms with van der Waals surface area (Å²) in [5.74, 6) is -0.903. The lowest BCUT2D eigenvalue weighted by atomic mass is 10.2. The number of rotatable bonds is 6. The minimum Gasteiger partial charge on any atom is -0.506 e. The highest BCUT2D eigenvalue weighted by atomic mass is 35.5. The van der Waals surface area contributed by atoms with Crippen molar-refractivity contribution in [3.8, 4) is 5.75 Å². The molecule has 2 aromatic carbocycles. The Kier molecular flexibility index (Phi) is 6.47. The molecule has 10 heteroatoms. The van der Waals surface area contributed by atoms with Gasteiger partial charge in [0, 0.05) is 10.6 Å². The number of nitrogens with one attached hydrogen (secondary N) is 1. The number of nitrogens with zero attached hydrogens (tertiary/aromatic N) is 2. The quantitative estimate of drug-likeness (QED) is 0.559. The Balaban J connectivity index is 2.10. The molecule has 0 saturated carbocycles. The van der Waals surface area contributed by atoms with Crippen molar-refractivity contribution < 1.29 is 18.3 Å². The van der Waals surface area contributed by atoms with Gasteiger partial charge in [-0.15, -0.1) is 0 Å². The van der Waals surface area contributed by atoms with Crippen LogP contribution in [0.25, 0.3) is 0 Å². The molecule has 0 aliphatic rings. The van der Waals surface area contributed by atoms with Crippen LogP contribution in [0.15, 0.2) is 47.6 Å². The third-order valence-corrected chi connectivity index (χ3v) is 4.83. The molecular formula is C16H15Cl2N3O4S. The maximum atomic E-state index is 12.0. The van der Waals surface area contributed by atoms with Crippen LogP contribution in [-0.2, 0) is 14.8 Å². The second-order valence-corrected chi connectivity index (χ2v) is 7.97. The van der Waals surface area contributed by atoms with E-state index >= 15 is 0 Å². The Labute approximate surface area is 160 Å². The number of sulfonamides is 1. The number of aromatic hydroxyl groups is 1. The van der Waals surface area contributed by atoms with Gasteiger partial charge in [0.15, 0.2) is 0 Å². The van der Waals surface area contributed by atoms with E-state index in [1.54, 1.807) is 30.3 Å². The number of hydrogen-bond donors (Lipinski definition) is 2. The third kappa shape index (κ3) is 5.35. The van der Waals surface area contributed by atoms with E-state index in [9.17, 15) is 18.3 Å². The monoisotopic (exact) mass is 415 g/mol. The third-order valence-electron chi connectivity index (χ3n) is 3.18. The van der Waals surface area contributed by atoms with Crippen molar-refractivity contribution in [2.75, 3.05) is 17.1 Å². The average molecular weight is 416 g/mol. The highest BCUT2D eigenvalue weighted by Gasteiger charge is 2.20. The van der Waals surface area contributed by atoms with Crippen LogP contribution in [0.3, 0.4) is 0 Å². The topological polar surface area (TPSA) is 99.1 Å². The molecule has 0 saturated heterocycles. The zero-order valence-electron chi connectivity index (χ0n) is 13.6. The van der Waals surface area contributed by atoms with E-state index in [-0.39, 0.29) is 21.4 Å². The van der Waals surface area contributed by atoms with Crippen LogP contribution in [0, 0.1) is 0 Å². The molecular weight excluding hydrogens is 401 g/mol. The lowest BCUT2D eigenvalue weighted by Gasteiger charge is -2.21. The van der Waals surface area contributed by atoms with Gasteiger partial charge in [-0.2, -0.15) is 5.10 Å². The van der Waals surface area contributed by atoms with E-state index in [4.69, 9.17) is 23.2 Å². The first kappa shape index (κ1) is 20.0. The number of amides is 1. The summed E-state index contributed by atoms with van der Waals surface area (Å²) < 4.78 is 24.8. The predicted octanol–water partition coefficient (Wildman–Crippen LogP) is 2.62. The predicted molar refractivity (Wildman–Crippen MR) is 102 cm³/mol. The molecule has 0 unspecified atom stereocenters. The van der Waals surface area contributed by atoms with Crippen LogP contribution < -0.4 is 9.73 Å². The molecule has 0 aliphatic heterocycles. The number of hydrogen-bond acceptors (Lipinski definition) is 5. The van der Waals surface area contributed by atoms with Crippen LogP contribution in [0.4, 0.5) is 5.69 Å². The molecule has 0 fully saturated rings. The SMILES string of the molecule is CS(=O)(=O)N(CC(=O)NN=Cc1cc(Cl)cc(Cl)c1O)c1ccccc1. The number of phenols is 1. The first-order chi connectivity index (χ1) is 12.2. The highest BCUT2D eigenvalue weighted by Crippen LogP contribution is 2.29. The summed E-state index contributed by atoms with van der Waals surface area (Å²) in [6, 6.07) is 11.0. The lowest BCUT2D eigenvalue weighted by Crippen LogP contribution is -2.38. The van der Waals surface area contributed by atoms with Crippen molar-refractivity contribution in [2.45, 2.75) is 0 Å². The maximum Gasteiger partial charge on any atom is 0.260 e. The zero-order valence-corrected chi connectivity index (χ0v) is 15.9. The number of benzene rings is 2. The number of halogens is 2. The molecule has 138 valence electrons. The summed E-state index contributed by atoms with van der Waals surface area (Å²) in [6.45, 7) is -0.456. The largest absolute Gasteiger partial charge is 0.506 e. The van der Waals surface area contributed by atoms with Gasteiger partial charge in [0.1, 0.15) is 12.3 Å². The van der Waals surface area contributed by atoms with Crippen LogP contribution in [0.1, 0.15) is 5.56 Å². The number of carbonyl (C=O) groups excluding carboxylic acids is 1. The van der Waals surface area contributed by atoms with Crippen LogP contribution >= 0.6 is 23.2 Å². The Bertz CT molecular complexity index is 934. The van der Waals surface area contributed by atoms with Crippen molar-refractivity contribution in [3.05, 3.63) is 58.1 Å². The van der Waals surface area contributed by atoms with Gasteiger partial charge in [0.25, 0.3) is 5.91 Å². The van der Waals surface area contributed by atoms with Gasteiger partial charge in [-0.1, -0.05) is 41.4 Å². The lowest BCUT2D eigenvalue weighted by molar-refractivity contribution is -0.119. The molecule has 0 radical (unpaired) electrons. The van der Waals surface area contributed by atoms with Gasteiger partial charge in [-0.05, 0) is 24.3 Å². The number of hydrazone groups is 1. The van der Waals surface area contributed by atoms with Crippen molar-refractivity contribution in [1.29, 1.82) is 0 Å². The Hall–Kier alpha value is -2.29. The summed E-state index contributed by atoms with van der Waals surface area (Å²) in [4.78, 5) is 12.0. The molecule has 2 rings (SSSR count). The normalized spacial score (nSPS) is 11.5. The van der Waals surface area contributed by atoms with Crippen LogP contribution in [0.5, 0.6) is 5.75 Å². The van der Waals surface area contributed by atoms with E-state index < -0.39 is 22.5 Å². The van der Waals surface area contributed by atoms with E-state index in [2.05, 4.69) is 10.5 Å². The average Bonchev–Trinajstić information content (AvgIpc) is 2.56. The maximum absolute atomic E-state index is 12.0. The summed E-state index contributed by atoms with van der Waals surface area (Å²) in [5, 5.41) is 13.8. The Morgan fingerprint density at radius 3 is 2.54 bits per heavy atom. The van der Waals surface area contributed by atoms with Crippen molar-refractivity contribution in [2.24, 2.45) is 5.10 Å². The number of anilines is 1. The summed E-state index contributed by atoms with van der Waals surface area (Å²) >= 11 is 11.6. The highest BCUT2D eigenvalue weighted by molar-refractivity contribution is 7.92. The summed E-state index contributed by atoms with van der Waals surface area (Å²) in [6.07, 6.45) is 2.15. The van der Waals surface area contributed by atoms with Crippen molar-refractivity contribution in [3.63, 3.8) is 0 Å². The molecule has 0 heterocycles. The van der Waals surface area contributed by atoms with Gasteiger partial charge in [0.2, 0.25) is 10.0 Å². The Morgan fingerprint density at radius 1 is 1.27 bits per heavy atom.